The number of aryl methyl sites for hydroxylation is 1. The molecule has 21 heavy (non-hydrogen) atoms. The highest BCUT2D eigenvalue weighted by Crippen LogP contribution is 2.28. The standard InChI is InChI=1S/C15H10F2N2O2/c1-7-2-4-9(16)12(13(7)17)14-18-10-5-3-8(15(20)21)6-11(10)19-14/h2-6H,1H3,(H,18,19)(H,20,21). The summed E-state index contributed by atoms with van der Waals surface area (Å²) < 4.78 is 27.9. The van der Waals surface area contributed by atoms with Gasteiger partial charge in [0, 0.05) is 0 Å². The van der Waals surface area contributed by atoms with Crippen LogP contribution < -0.4 is 0 Å². The lowest BCUT2D eigenvalue weighted by molar-refractivity contribution is 0.0697. The number of halogens is 2. The van der Waals surface area contributed by atoms with E-state index in [1.165, 1.54) is 37.3 Å². The van der Waals surface area contributed by atoms with Crippen LogP contribution in [0.25, 0.3) is 22.4 Å². The fraction of sp³-hybridized carbons (Fsp3) is 0.0667. The van der Waals surface area contributed by atoms with Gasteiger partial charge in [-0.2, -0.15) is 0 Å². The number of aromatic nitrogens is 2. The number of carboxylic acid groups (broad SMARTS) is 1. The minimum absolute atomic E-state index is 0.0336. The summed E-state index contributed by atoms with van der Waals surface area (Å²) in [5, 5.41) is 8.94. The van der Waals surface area contributed by atoms with E-state index in [0.29, 0.717) is 16.6 Å². The maximum Gasteiger partial charge on any atom is 0.335 e. The first kappa shape index (κ1) is 13.2. The molecule has 0 amide bonds. The van der Waals surface area contributed by atoms with Gasteiger partial charge in [0.1, 0.15) is 17.5 Å². The normalized spacial score (nSPS) is 11.0. The van der Waals surface area contributed by atoms with E-state index in [4.69, 9.17) is 5.11 Å². The number of aromatic amines is 1. The zero-order valence-corrected chi connectivity index (χ0v) is 10.9. The van der Waals surface area contributed by atoms with Crippen LogP contribution >= 0.6 is 0 Å². The molecule has 1 heterocycles. The molecule has 0 saturated carbocycles. The molecule has 6 heteroatoms. The number of fused-ring (bicyclic) bond motifs is 1. The molecular formula is C15H10F2N2O2. The molecule has 2 N–H and O–H groups in total. The van der Waals surface area contributed by atoms with Gasteiger partial charge in [-0.25, -0.2) is 18.6 Å². The van der Waals surface area contributed by atoms with E-state index in [1.807, 2.05) is 0 Å². The first-order valence-electron chi connectivity index (χ1n) is 6.15. The number of hydrogen-bond donors (Lipinski definition) is 2. The summed E-state index contributed by atoms with van der Waals surface area (Å²) in [6, 6.07) is 6.77. The van der Waals surface area contributed by atoms with Gasteiger partial charge in [0.05, 0.1) is 22.2 Å². The number of rotatable bonds is 2. The predicted octanol–water partition coefficient (Wildman–Crippen LogP) is 3.51. The number of benzene rings is 2. The second kappa shape index (κ2) is 4.66. The molecule has 106 valence electrons. The summed E-state index contributed by atoms with van der Waals surface area (Å²) in [4.78, 5) is 17.8. The minimum atomic E-state index is -1.08. The lowest BCUT2D eigenvalue weighted by atomic mass is 10.1. The van der Waals surface area contributed by atoms with E-state index in [0.717, 1.165) is 0 Å². The van der Waals surface area contributed by atoms with Crippen LogP contribution in [0.5, 0.6) is 0 Å². The molecule has 0 spiro atoms. The van der Waals surface area contributed by atoms with Crippen LogP contribution in [0.15, 0.2) is 30.3 Å². The quantitative estimate of drug-likeness (QED) is 0.758. The van der Waals surface area contributed by atoms with Gasteiger partial charge in [-0.1, -0.05) is 6.07 Å². The average molecular weight is 288 g/mol. The van der Waals surface area contributed by atoms with Crippen molar-refractivity contribution in [3.8, 4) is 11.4 Å². The summed E-state index contributed by atoms with van der Waals surface area (Å²) in [5.74, 6) is -2.46. The van der Waals surface area contributed by atoms with Crippen LogP contribution in [0.1, 0.15) is 15.9 Å². The van der Waals surface area contributed by atoms with Crippen LogP contribution in [0, 0.1) is 18.6 Å². The van der Waals surface area contributed by atoms with Crippen LogP contribution in [-0.4, -0.2) is 21.0 Å². The van der Waals surface area contributed by atoms with Crippen molar-refractivity contribution in [2.75, 3.05) is 0 Å². The summed E-state index contributed by atoms with van der Waals surface area (Å²) in [6.07, 6.45) is 0. The molecule has 0 fully saturated rings. The van der Waals surface area contributed by atoms with Gasteiger partial charge < -0.3 is 10.1 Å². The number of carbonyl (C=O) groups is 1. The number of carboxylic acids is 1. The van der Waals surface area contributed by atoms with Gasteiger partial charge in [0.25, 0.3) is 0 Å². The van der Waals surface area contributed by atoms with Gasteiger partial charge in [-0.05, 0) is 36.8 Å². The van der Waals surface area contributed by atoms with Gasteiger partial charge in [-0.3, -0.25) is 0 Å². The van der Waals surface area contributed by atoms with E-state index < -0.39 is 17.6 Å². The summed E-state index contributed by atoms with van der Waals surface area (Å²) in [5.41, 5.74) is 0.976. The zero-order chi connectivity index (χ0) is 15.1. The van der Waals surface area contributed by atoms with Crippen molar-refractivity contribution in [1.29, 1.82) is 0 Å². The monoisotopic (exact) mass is 288 g/mol. The lowest BCUT2D eigenvalue weighted by Crippen LogP contribution is -1.95. The first-order valence-corrected chi connectivity index (χ1v) is 6.15. The van der Waals surface area contributed by atoms with Crippen LogP contribution in [-0.2, 0) is 0 Å². The topological polar surface area (TPSA) is 66.0 Å². The second-order valence-corrected chi connectivity index (χ2v) is 4.68. The van der Waals surface area contributed by atoms with E-state index in [-0.39, 0.29) is 17.0 Å². The molecule has 0 aliphatic carbocycles. The Kier molecular flexibility index (Phi) is 2.94. The minimum Gasteiger partial charge on any atom is -0.478 e. The molecule has 0 radical (unpaired) electrons. The van der Waals surface area contributed by atoms with Crippen molar-refractivity contribution in [3.63, 3.8) is 0 Å². The Balaban J connectivity index is 2.22. The van der Waals surface area contributed by atoms with Crippen LogP contribution in [0.2, 0.25) is 0 Å². The number of nitrogens with zero attached hydrogens (tertiary/aromatic N) is 1. The maximum absolute atomic E-state index is 14.1. The molecule has 3 aromatic rings. The molecule has 4 nitrogen and oxygen atoms in total. The van der Waals surface area contributed by atoms with Crippen molar-refractivity contribution >= 4 is 17.0 Å². The zero-order valence-electron chi connectivity index (χ0n) is 10.9. The summed E-state index contributed by atoms with van der Waals surface area (Å²) in [7, 11) is 0. The number of H-pyrrole nitrogens is 1. The van der Waals surface area contributed by atoms with Crippen molar-refractivity contribution in [3.05, 3.63) is 53.1 Å². The number of hydrogen-bond acceptors (Lipinski definition) is 2. The fourth-order valence-electron chi connectivity index (χ4n) is 2.13. The van der Waals surface area contributed by atoms with Gasteiger partial charge in [-0.15, -0.1) is 0 Å². The Hall–Kier alpha value is -2.76. The van der Waals surface area contributed by atoms with Crippen LogP contribution in [0.3, 0.4) is 0 Å². The largest absolute Gasteiger partial charge is 0.478 e. The Morgan fingerprint density at radius 1 is 1.24 bits per heavy atom. The summed E-state index contributed by atoms with van der Waals surface area (Å²) in [6.45, 7) is 1.53. The van der Waals surface area contributed by atoms with Crippen molar-refractivity contribution in [2.45, 2.75) is 6.92 Å². The highest BCUT2D eigenvalue weighted by atomic mass is 19.1. The van der Waals surface area contributed by atoms with Crippen molar-refractivity contribution in [2.24, 2.45) is 0 Å². The molecule has 0 bridgehead atoms. The van der Waals surface area contributed by atoms with Gasteiger partial charge in [0.2, 0.25) is 0 Å². The average Bonchev–Trinajstić information content (AvgIpc) is 2.85. The third-order valence-corrected chi connectivity index (χ3v) is 3.25. The molecule has 0 atom stereocenters. The molecule has 0 aliphatic heterocycles. The van der Waals surface area contributed by atoms with Crippen molar-refractivity contribution in [1.82, 2.24) is 9.97 Å². The number of nitrogens with one attached hydrogen (secondary N) is 1. The number of imidazole rings is 1. The van der Waals surface area contributed by atoms with Gasteiger partial charge in [0.15, 0.2) is 0 Å². The van der Waals surface area contributed by atoms with Gasteiger partial charge >= 0.3 is 5.97 Å². The van der Waals surface area contributed by atoms with E-state index in [2.05, 4.69) is 9.97 Å². The molecular weight excluding hydrogens is 278 g/mol. The molecule has 2 aromatic carbocycles. The van der Waals surface area contributed by atoms with Crippen molar-refractivity contribution < 1.29 is 18.7 Å². The smallest absolute Gasteiger partial charge is 0.335 e. The number of aromatic carboxylic acids is 1. The predicted molar refractivity (Wildman–Crippen MR) is 73.1 cm³/mol. The third kappa shape index (κ3) is 2.14. The third-order valence-electron chi connectivity index (χ3n) is 3.25. The van der Waals surface area contributed by atoms with E-state index >= 15 is 0 Å². The Bertz CT molecular complexity index is 871. The maximum atomic E-state index is 14.1. The lowest BCUT2D eigenvalue weighted by Gasteiger charge is -2.03. The Morgan fingerprint density at radius 2 is 2.00 bits per heavy atom. The summed E-state index contributed by atoms with van der Waals surface area (Å²) >= 11 is 0. The highest BCUT2D eigenvalue weighted by molar-refractivity contribution is 5.93. The molecule has 3 rings (SSSR count). The Morgan fingerprint density at radius 3 is 2.71 bits per heavy atom. The SMILES string of the molecule is Cc1ccc(F)c(-c2nc3ccc(C(=O)O)cc3[nH]2)c1F. The molecule has 0 saturated heterocycles. The molecule has 0 aliphatic rings. The van der Waals surface area contributed by atoms with E-state index in [9.17, 15) is 13.6 Å². The molecule has 1 aromatic heterocycles. The van der Waals surface area contributed by atoms with Crippen LogP contribution in [0.4, 0.5) is 8.78 Å². The second-order valence-electron chi connectivity index (χ2n) is 4.68. The molecule has 0 unspecified atom stereocenters. The first-order chi connectivity index (χ1) is 9.97. The fourth-order valence-corrected chi connectivity index (χ4v) is 2.13. The van der Waals surface area contributed by atoms with E-state index in [1.54, 1.807) is 0 Å². The highest BCUT2D eigenvalue weighted by Gasteiger charge is 2.17. The Labute approximate surface area is 118 Å².